The van der Waals surface area contributed by atoms with E-state index in [1.165, 1.54) is 0 Å². The van der Waals surface area contributed by atoms with E-state index in [0.29, 0.717) is 0 Å². The van der Waals surface area contributed by atoms with E-state index >= 15 is 0 Å². The predicted octanol–water partition coefficient (Wildman–Crippen LogP) is -1.55. The van der Waals surface area contributed by atoms with E-state index in [0.717, 1.165) is 0 Å². The van der Waals surface area contributed by atoms with E-state index in [-0.39, 0.29) is 13.0 Å². The van der Waals surface area contributed by atoms with Crippen LogP contribution in [0.2, 0.25) is 0 Å². The van der Waals surface area contributed by atoms with E-state index < -0.39 is 18.5 Å². The maximum absolute atomic E-state index is 8.81. The van der Waals surface area contributed by atoms with Crippen molar-refractivity contribution < 1.29 is 20.1 Å². The summed E-state index contributed by atoms with van der Waals surface area (Å²) in [6, 6.07) is 0. The Labute approximate surface area is 52.7 Å². The Kier molecular flexibility index (Phi) is 2.02. The molecule has 3 atom stereocenters. The second-order valence-electron chi connectivity index (χ2n) is 2.18. The van der Waals surface area contributed by atoms with E-state index in [1.807, 2.05) is 0 Å². The van der Waals surface area contributed by atoms with Crippen molar-refractivity contribution in [2.45, 2.75) is 24.9 Å². The van der Waals surface area contributed by atoms with Gasteiger partial charge in [-0.05, 0) is 0 Å². The van der Waals surface area contributed by atoms with E-state index in [4.69, 9.17) is 15.3 Å². The highest BCUT2D eigenvalue weighted by atomic mass is 16.6. The minimum atomic E-state index is -1.12. The van der Waals surface area contributed by atoms with Crippen LogP contribution < -0.4 is 0 Å². The Hall–Kier alpha value is -0.160. The van der Waals surface area contributed by atoms with Crippen molar-refractivity contribution in [2.24, 2.45) is 0 Å². The molecule has 4 nitrogen and oxygen atoms in total. The lowest BCUT2D eigenvalue weighted by molar-refractivity contribution is -0.211. The summed E-state index contributed by atoms with van der Waals surface area (Å²) in [6.45, 7) is 0.109. The Bertz CT molecular complexity index is 95.0. The van der Waals surface area contributed by atoms with Crippen LogP contribution in [0, 0.1) is 0 Å². The zero-order valence-electron chi connectivity index (χ0n) is 4.90. The minimum absolute atomic E-state index is 0.109. The number of hydrogen-bond donors (Lipinski definition) is 3. The summed E-state index contributed by atoms with van der Waals surface area (Å²) < 4.78 is 4.56. The molecular weight excluding hydrogens is 124 g/mol. The van der Waals surface area contributed by atoms with Gasteiger partial charge in [0, 0.05) is 6.42 Å². The number of hydrogen-bond acceptors (Lipinski definition) is 4. The van der Waals surface area contributed by atoms with Gasteiger partial charge in [0.1, 0.15) is 6.10 Å². The van der Waals surface area contributed by atoms with Crippen LogP contribution in [0.4, 0.5) is 0 Å². The highest BCUT2D eigenvalue weighted by Gasteiger charge is 2.26. The highest BCUT2D eigenvalue weighted by molar-refractivity contribution is 4.70. The first kappa shape index (κ1) is 6.95. The van der Waals surface area contributed by atoms with Crippen molar-refractivity contribution >= 4 is 0 Å². The second kappa shape index (κ2) is 2.62. The first-order chi connectivity index (χ1) is 4.20. The first-order valence-corrected chi connectivity index (χ1v) is 2.86. The largest absolute Gasteiger partial charge is 0.391 e. The number of aliphatic hydroxyl groups excluding tert-OH is 3. The fraction of sp³-hybridized carbons (Fsp3) is 1.00. The fourth-order valence-corrected chi connectivity index (χ4v) is 0.784. The maximum atomic E-state index is 8.81. The summed E-state index contributed by atoms with van der Waals surface area (Å²) in [4.78, 5) is 0. The summed E-state index contributed by atoms with van der Waals surface area (Å²) in [5.74, 6) is 0. The molecule has 1 saturated heterocycles. The number of rotatable bonds is 0. The van der Waals surface area contributed by atoms with Crippen LogP contribution in [0.5, 0.6) is 0 Å². The molecule has 1 fully saturated rings. The van der Waals surface area contributed by atoms with Crippen molar-refractivity contribution in [1.82, 2.24) is 0 Å². The molecule has 0 saturated carbocycles. The molecule has 0 aromatic rings. The van der Waals surface area contributed by atoms with Crippen molar-refractivity contribution in [3.8, 4) is 0 Å². The standard InChI is InChI=1S/C5H10O4/c6-3-1-4(7)5(8)9-2-3/h3-8H,1-2H2/t3-,4-,5-/m1/s1. The summed E-state index contributed by atoms with van der Waals surface area (Å²) in [7, 11) is 0. The van der Waals surface area contributed by atoms with Crippen molar-refractivity contribution in [2.75, 3.05) is 6.61 Å². The smallest absolute Gasteiger partial charge is 0.181 e. The van der Waals surface area contributed by atoms with E-state index in [2.05, 4.69) is 4.74 Å². The average Bonchev–Trinajstić information content (AvgIpc) is 1.80. The van der Waals surface area contributed by atoms with Gasteiger partial charge in [-0.2, -0.15) is 0 Å². The van der Waals surface area contributed by atoms with Crippen LogP contribution >= 0.6 is 0 Å². The highest BCUT2D eigenvalue weighted by Crippen LogP contribution is 2.11. The zero-order chi connectivity index (χ0) is 6.85. The van der Waals surface area contributed by atoms with Gasteiger partial charge < -0.3 is 20.1 Å². The molecule has 0 amide bonds. The lowest BCUT2D eigenvalue weighted by atomic mass is 10.1. The SMILES string of the molecule is O[C@H]1CO[C@@H](O)[C@H](O)C1. The maximum Gasteiger partial charge on any atom is 0.181 e. The van der Waals surface area contributed by atoms with Crippen molar-refractivity contribution in [1.29, 1.82) is 0 Å². The lowest BCUT2D eigenvalue weighted by Gasteiger charge is -2.26. The van der Waals surface area contributed by atoms with E-state index in [1.54, 1.807) is 0 Å². The second-order valence-corrected chi connectivity index (χ2v) is 2.18. The van der Waals surface area contributed by atoms with Gasteiger partial charge in [0.15, 0.2) is 6.29 Å². The van der Waals surface area contributed by atoms with Gasteiger partial charge in [0.25, 0.3) is 0 Å². The third-order valence-corrected chi connectivity index (χ3v) is 1.30. The Balaban J connectivity index is 2.35. The zero-order valence-corrected chi connectivity index (χ0v) is 4.90. The van der Waals surface area contributed by atoms with Gasteiger partial charge in [-0.25, -0.2) is 0 Å². The number of ether oxygens (including phenoxy) is 1. The molecule has 0 aromatic heterocycles. The molecule has 9 heavy (non-hydrogen) atoms. The third-order valence-electron chi connectivity index (χ3n) is 1.30. The molecule has 1 rings (SSSR count). The molecule has 4 heteroatoms. The molecule has 1 aliphatic heterocycles. The summed E-state index contributed by atoms with van der Waals surface area (Å²) in [5.41, 5.74) is 0. The Morgan fingerprint density at radius 1 is 1.22 bits per heavy atom. The van der Waals surface area contributed by atoms with Crippen LogP contribution in [0.15, 0.2) is 0 Å². The summed E-state index contributed by atoms with van der Waals surface area (Å²) in [6.07, 6.45) is -2.49. The average molecular weight is 134 g/mol. The van der Waals surface area contributed by atoms with Crippen molar-refractivity contribution in [3.05, 3.63) is 0 Å². The Morgan fingerprint density at radius 3 is 2.33 bits per heavy atom. The molecular formula is C5H10O4. The molecule has 3 N–H and O–H groups in total. The van der Waals surface area contributed by atoms with Gasteiger partial charge in [-0.15, -0.1) is 0 Å². The monoisotopic (exact) mass is 134 g/mol. The topological polar surface area (TPSA) is 69.9 Å². The minimum Gasteiger partial charge on any atom is -0.391 e. The quantitative estimate of drug-likeness (QED) is 0.375. The van der Waals surface area contributed by atoms with Crippen LogP contribution in [-0.2, 0) is 4.74 Å². The fourth-order valence-electron chi connectivity index (χ4n) is 0.784. The van der Waals surface area contributed by atoms with E-state index in [9.17, 15) is 0 Å². The van der Waals surface area contributed by atoms with Gasteiger partial charge in [-0.1, -0.05) is 0 Å². The molecule has 0 aliphatic carbocycles. The molecule has 1 heterocycles. The normalized spacial score (nSPS) is 45.0. The molecule has 0 aromatic carbocycles. The molecule has 1 aliphatic rings. The summed E-state index contributed by atoms with van der Waals surface area (Å²) in [5, 5.41) is 26.3. The van der Waals surface area contributed by atoms with Crippen LogP contribution in [0.25, 0.3) is 0 Å². The van der Waals surface area contributed by atoms with Gasteiger partial charge >= 0.3 is 0 Å². The van der Waals surface area contributed by atoms with Gasteiger partial charge in [-0.3, -0.25) is 0 Å². The number of aliphatic hydroxyl groups is 3. The third kappa shape index (κ3) is 1.62. The Morgan fingerprint density at radius 2 is 1.89 bits per heavy atom. The molecule has 0 spiro atoms. The summed E-state index contributed by atoms with van der Waals surface area (Å²) >= 11 is 0. The van der Waals surface area contributed by atoms with Crippen LogP contribution in [0.3, 0.4) is 0 Å². The lowest BCUT2D eigenvalue weighted by Crippen LogP contribution is -2.40. The van der Waals surface area contributed by atoms with Gasteiger partial charge in [0.05, 0.1) is 12.7 Å². The van der Waals surface area contributed by atoms with Gasteiger partial charge in [0.2, 0.25) is 0 Å². The molecule has 0 radical (unpaired) electrons. The molecule has 0 bridgehead atoms. The van der Waals surface area contributed by atoms with Crippen LogP contribution in [-0.4, -0.2) is 40.4 Å². The van der Waals surface area contributed by atoms with Crippen molar-refractivity contribution in [3.63, 3.8) is 0 Å². The predicted molar refractivity (Wildman–Crippen MR) is 28.6 cm³/mol. The molecule has 0 unspecified atom stereocenters. The first-order valence-electron chi connectivity index (χ1n) is 2.86. The molecule has 54 valence electrons. The van der Waals surface area contributed by atoms with Crippen LogP contribution in [0.1, 0.15) is 6.42 Å².